The summed E-state index contributed by atoms with van der Waals surface area (Å²) in [5, 5.41) is 5.45. The first-order valence-corrected chi connectivity index (χ1v) is 12.5. The number of benzodiazepines with no additional fused rings is 1. The molecule has 1 amide bonds. The Kier molecular flexibility index (Phi) is 7.16. The molecular weight excluding hydrogens is 490 g/mol. The van der Waals surface area contributed by atoms with Crippen LogP contribution in [0.1, 0.15) is 27.9 Å². The van der Waals surface area contributed by atoms with Crippen molar-refractivity contribution < 1.29 is 14.8 Å². The van der Waals surface area contributed by atoms with Crippen molar-refractivity contribution in [1.82, 2.24) is 9.55 Å². The maximum atomic E-state index is 13.6. The second-order valence-corrected chi connectivity index (χ2v) is 9.37. The number of nitrogens with one attached hydrogen (secondary N) is 1. The summed E-state index contributed by atoms with van der Waals surface area (Å²) >= 11 is 0. The number of amides is 1. The number of fused-ring (bicyclic) bond motifs is 1. The minimum absolute atomic E-state index is 0.170. The van der Waals surface area contributed by atoms with Gasteiger partial charge in [0, 0.05) is 29.9 Å². The Labute approximate surface area is 227 Å². The molecule has 0 spiro atoms. The second kappa shape index (κ2) is 10.8. The molecule has 1 atom stereocenters. The summed E-state index contributed by atoms with van der Waals surface area (Å²) in [6.07, 6.45) is 4.51. The number of benzene rings is 3. The highest BCUT2D eigenvalue weighted by molar-refractivity contribution is 6.19. The lowest BCUT2D eigenvalue weighted by atomic mass is 9.99. The van der Waals surface area contributed by atoms with E-state index in [2.05, 4.69) is 10.1 Å². The molecule has 0 fully saturated rings. The first-order chi connectivity index (χ1) is 18.9. The molecule has 0 aliphatic carbocycles. The molecule has 1 aliphatic heterocycles. The van der Waals surface area contributed by atoms with Crippen LogP contribution in [0.2, 0.25) is 0 Å². The summed E-state index contributed by atoms with van der Waals surface area (Å²) < 4.78 is 7.50. The SMILES string of the molecule is COc1cc(/C(=C/[NH2+]C2N=C(c3ccccc3)c3ccc(C)cc3N(C)C2=O)N=N)ccc1-n1cnc(C)c1. The van der Waals surface area contributed by atoms with Crippen molar-refractivity contribution in [3.63, 3.8) is 0 Å². The number of hydrogen-bond donors (Lipinski definition) is 2. The number of aryl methyl sites for hydroxylation is 2. The van der Waals surface area contributed by atoms with Crippen molar-refractivity contribution in [2.45, 2.75) is 20.0 Å². The topological polar surface area (TPSA) is 113 Å². The Morgan fingerprint density at radius 3 is 2.56 bits per heavy atom. The number of aliphatic imine (C=N–C) groups is 1. The van der Waals surface area contributed by atoms with Gasteiger partial charge >= 0.3 is 5.91 Å². The molecule has 196 valence electrons. The number of carbonyl (C=O) groups excluding carboxylic acids is 1. The van der Waals surface area contributed by atoms with Crippen molar-refractivity contribution in [3.8, 4) is 11.4 Å². The van der Waals surface area contributed by atoms with Crippen molar-refractivity contribution >= 4 is 23.0 Å². The smallest absolute Gasteiger partial charge is 0.309 e. The standard InChI is InChI=1S/C30H29N7O2/c1-19-10-12-23-26(14-19)36(3)30(38)29(34-28(23)21-8-6-5-7-9-21)32-16-24(35-31)22-11-13-25(27(15-22)39-4)37-17-20(2)33-18-37/h5-18,29,31-32H,1-4H3/p+1/b24-16-,35-31?. The van der Waals surface area contributed by atoms with Crippen LogP contribution in [0.25, 0.3) is 11.4 Å². The Morgan fingerprint density at radius 1 is 1.08 bits per heavy atom. The van der Waals surface area contributed by atoms with Gasteiger partial charge in [0.15, 0.2) is 0 Å². The van der Waals surface area contributed by atoms with Crippen LogP contribution >= 0.6 is 0 Å². The van der Waals surface area contributed by atoms with E-state index >= 15 is 0 Å². The fourth-order valence-corrected chi connectivity index (χ4v) is 4.64. The van der Waals surface area contributed by atoms with Gasteiger partial charge < -0.3 is 14.2 Å². The van der Waals surface area contributed by atoms with Crippen molar-refractivity contribution in [2.24, 2.45) is 10.1 Å². The Bertz CT molecular complexity index is 1600. The Morgan fingerprint density at radius 2 is 1.87 bits per heavy atom. The van der Waals surface area contributed by atoms with Gasteiger partial charge in [0.1, 0.15) is 17.6 Å². The molecule has 9 nitrogen and oxygen atoms in total. The Balaban J connectivity index is 1.52. The minimum atomic E-state index is -0.801. The second-order valence-electron chi connectivity index (χ2n) is 9.37. The first kappa shape index (κ1) is 25.7. The third-order valence-electron chi connectivity index (χ3n) is 6.69. The van der Waals surface area contributed by atoms with Crippen LogP contribution in [0.15, 0.2) is 95.6 Å². The largest absolute Gasteiger partial charge is 0.495 e. The summed E-state index contributed by atoms with van der Waals surface area (Å²) in [6.45, 7) is 3.93. The molecule has 1 aromatic heterocycles. The number of aromatic nitrogens is 2. The van der Waals surface area contributed by atoms with Gasteiger partial charge in [-0.25, -0.2) is 15.5 Å². The van der Waals surface area contributed by atoms with Crippen LogP contribution < -0.4 is 15.0 Å². The van der Waals surface area contributed by atoms with E-state index in [1.54, 1.807) is 36.9 Å². The van der Waals surface area contributed by atoms with Gasteiger partial charge in [-0.1, -0.05) is 48.5 Å². The molecule has 0 bridgehead atoms. The maximum absolute atomic E-state index is 13.6. The van der Waals surface area contributed by atoms with Gasteiger partial charge in [0.25, 0.3) is 6.17 Å². The van der Waals surface area contributed by atoms with Crippen molar-refractivity contribution in [2.75, 3.05) is 19.1 Å². The Hall–Kier alpha value is -4.89. The van der Waals surface area contributed by atoms with Gasteiger partial charge in [-0.05, 0) is 37.6 Å². The number of methoxy groups -OCH3 is 1. The molecule has 39 heavy (non-hydrogen) atoms. The third-order valence-corrected chi connectivity index (χ3v) is 6.69. The number of anilines is 1. The van der Waals surface area contributed by atoms with Gasteiger partial charge in [-0.2, -0.15) is 5.11 Å². The molecule has 4 aromatic rings. The van der Waals surface area contributed by atoms with Crippen molar-refractivity contribution in [3.05, 3.63) is 113 Å². The lowest BCUT2D eigenvalue weighted by Gasteiger charge is -2.19. The zero-order valence-corrected chi connectivity index (χ0v) is 22.3. The highest BCUT2D eigenvalue weighted by Crippen LogP contribution is 2.29. The number of nitrogens with two attached hydrogens (primary N) is 1. The van der Waals surface area contributed by atoms with Gasteiger partial charge in [0.2, 0.25) is 0 Å². The van der Waals surface area contributed by atoms with Crippen molar-refractivity contribution in [1.29, 1.82) is 5.53 Å². The molecule has 1 aliphatic rings. The number of quaternary nitrogens is 1. The molecule has 0 saturated carbocycles. The van der Waals surface area contributed by atoms with E-state index in [-0.39, 0.29) is 5.91 Å². The van der Waals surface area contributed by atoms with E-state index in [0.29, 0.717) is 17.0 Å². The van der Waals surface area contributed by atoms with Gasteiger partial charge in [-0.15, -0.1) is 0 Å². The summed E-state index contributed by atoms with van der Waals surface area (Å²) in [7, 11) is 3.37. The summed E-state index contributed by atoms with van der Waals surface area (Å²) in [5.74, 6) is 0.441. The zero-order valence-electron chi connectivity index (χ0n) is 22.3. The molecule has 0 saturated heterocycles. The summed E-state index contributed by atoms with van der Waals surface area (Å²) in [5.41, 5.74) is 15.0. The highest BCUT2D eigenvalue weighted by atomic mass is 16.5. The fraction of sp³-hybridized carbons (Fsp3) is 0.167. The van der Waals surface area contributed by atoms with Crippen LogP contribution in [-0.4, -0.2) is 41.5 Å². The van der Waals surface area contributed by atoms with E-state index in [9.17, 15) is 4.79 Å². The molecule has 0 radical (unpaired) electrons. The molecule has 3 N–H and O–H groups in total. The lowest BCUT2D eigenvalue weighted by Crippen LogP contribution is -2.87. The lowest BCUT2D eigenvalue weighted by molar-refractivity contribution is -0.609. The molecule has 1 unspecified atom stereocenters. The number of rotatable bonds is 7. The highest BCUT2D eigenvalue weighted by Gasteiger charge is 2.32. The van der Waals surface area contributed by atoms with Crippen LogP contribution in [0.4, 0.5) is 5.69 Å². The first-order valence-electron chi connectivity index (χ1n) is 12.5. The average Bonchev–Trinajstić information content (AvgIpc) is 3.36. The van der Waals surface area contributed by atoms with Crippen LogP contribution in [0.5, 0.6) is 5.75 Å². The van der Waals surface area contributed by atoms with Crippen LogP contribution in [-0.2, 0) is 4.79 Å². The number of carbonyl (C=O) groups is 1. The molecule has 5 rings (SSSR count). The molecular formula is C30H30N7O2+. The molecule has 3 aromatic carbocycles. The zero-order chi connectivity index (χ0) is 27.5. The molecule has 9 heteroatoms. The number of likely N-dealkylation sites (N-methyl/N-ethyl adjacent to an activating group) is 1. The maximum Gasteiger partial charge on any atom is 0.309 e. The number of hydrogen-bond acceptors (Lipinski definition) is 6. The van der Waals surface area contributed by atoms with E-state index in [1.165, 1.54) is 0 Å². The summed E-state index contributed by atoms with van der Waals surface area (Å²) in [6, 6.07) is 21.5. The van der Waals surface area contributed by atoms with E-state index in [1.807, 2.05) is 91.3 Å². The number of imidazole rings is 1. The number of nitrogens with zero attached hydrogens (tertiary/aromatic N) is 5. The van der Waals surface area contributed by atoms with E-state index in [0.717, 1.165) is 39.5 Å². The monoisotopic (exact) mass is 520 g/mol. The quantitative estimate of drug-likeness (QED) is 0.356. The fourth-order valence-electron chi connectivity index (χ4n) is 4.64. The van der Waals surface area contributed by atoms with Crippen LogP contribution in [0, 0.1) is 19.4 Å². The number of ether oxygens (including phenoxy) is 1. The van der Waals surface area contributed by atoms with Gasteiger partial charge in [0.05, 0.1) is 36.2 Å². The third kappa shape index (κ3) is 5.12. The molecule has 2 heterocycles. The predicted molar refractivity (Wildman–Crippen MR) is 150 cm³/mol. The van der Waals surface area contributed by atoms with E-state index < -0.39 is 6.17 Å². The normalized spacial score (nSPS) is 15.4. The van der Waals surface area contributed by atoms with Gasteiger partial charge in [-0.3, -0.25) is 10.1 Å². The van der Waals surface area contributed by atoms with Crippen LogP contribution in [0.3, 0.4) is 0 Å². The van der Waals surface area contributed by atoms with E-state index in [4.69, 9.17) is 15.3 Å². The summed E-state index contributed by atoms with van der Waals surface area (Å²) in [4.78, 5) is 24.5. The average molecular weight is 521 g/mol. The predicted octanol–water partition coefficient (Wildman–Crippen LogP) is 4.23. The minimum Gasteiger partial charge on any atom is -0.495 e.